The molecule has 1 fully saturated rings. The van der Waals surface area contributed by atoms with Gasteiger partial charge in [0.05, 0.1) is 12.3 Å². The lowest BCUT2D eigenvalue weighted by Gasteiger charge is -2.15. The van der Waals surface area contributed by atoms with Crippen molar-refractivity contribution in [3.05, 3.63) is 29.3 Å². The fourth-order valence-corrected chi connectivity index (χ4v) is 2.24. The van der Waals surface area contributed by atoms with E-state index in [0.717, 1.165) is 11.1 Å². The van der Waals surface area contributed by atoms with Gasteiger partial charge in [-0.05, 0) is 30.7 Å². The minimum absolute atomic E-state index is 0.0201. The molecule has 4 heteroatoms. The summed E-state index contributed by atoms with van der Waals surface area (Å²) >= 11 is 0. The summed E-state index contributed by atoms with van der Waals surface area (Å²) in [6.45, 7) is 3.68. The highest BCUT2D eigenvalue weighted by molar-refractivity contribution is 6.20. The fourth-order valence-electron chi connectivity index (χ4n) is 2.24. The first-order valence-electron chi connectivity index (χ1n) is 6.61. The summed E-state index contributed by atoms with van der Waals surface area (Å²) in [4.78, 5) is 25.2. The van der Waals surface area contributed by atoms with Gasteiger partial charge in [0, 0.05) is 24.3 Å². The van der Waals surface area contributed by atoms with Crippen molar-refractivity contribution in [2.45, 2.75) is 26.7 Å². The lowest BCUT2D eigenvalue weighted by molar-refractivity contribution is -0.122. The molecule has 1 atom stereocenters. The molecule has 1 unspecified atom stereocenters. The SMILES string of the molecule is Cc1cc(C#CCCO)cc(N2C(=O)CC(C)C2=O)c1. The molecule has 0 saturated carbocycles. The molecular weight excluding hydrogens is 254 g/mol. The summed E-state index contributed by atoms with van der Waals surface area (Å²) in [5, 5.41) is 8.72. The van der Waals surface area contributed by atoms with Gasteiger partial charge in [0.15, 0.2) is 0 Å². The van der Waals surface area contributed by atoms with Gasteiger partial charge in [0.2, 0.25) is 11.8 Å². The molecule has 2 amide bonds. The molecule has 20 heavy (non-hydrogen) atoms. The van der Waals surface area contributed by atoms with Crippen LogP contribution in [0, 0.1) is 24.7 Å². The van der Waals surface area contributed by atoms with Gasteiger partial charge in [0.1, 0.15) is 0 Å². The summed E-state index contributed by atoms with van der Waals surface area (Å²) in [6, 6.07) is 5.44. The smallest absolute Gasteiger partial charge is 0.237 e. The van der Waals surface area contributed by atoms with E-state index in [2.05, 4.69) is 11.8 Å². The molecule has 0 aromatic heterocycles. The zero-order valence-corrected chi connectivity index (χ0v) is 11.6. The van der Waals surface area contributed by atoms with Gasteiger partial charge in [-0.1, -0.05) is 18.8 Å². The van der Waals surface area contributed by atoms with Crippen LogP contribution in [0.1, 0.15) is 30.9 Å². The van der Waals surface area contributed by atoms with Crippen LogP contribution in [0.2, 0.25) is 0 Å². The minimum atomic E-state index is -0.257. The lowest BCUT2D eigenvalue weighted by atomic mass is 10.1. The average Bonchev–Trinajstić information content (AvgIpc) is 2.63. The van der Waals surface area contributed by atoms with Crippen LogP contribution in [0.4, 0.5) is 5.69 Å². The first-order valence-corrected chi connectivity index (χ1v) is 6.61. The molecule has 1 saturated heterocycles. The second-order valence-electron chi connectivity index (χ2n) is 5.01. The van der Waals surface area contributed by atoms with E-state index in [1.165, 1.54) is 4.90 Å². The Kier molecular flexibility index (Phi) is 4.21. The number of hydrogen-bond donors (Lipinski definition) is 1. The zero-order chi connectivity index (χ0) is 14.7. The molecule has 2 rings (SSSR count). The molecule has 1 aliphatic rings. The molecule has 1 N–H and O–H groups in total. The van der Waals surface area contributed by atoms with Gasteiger partial charge in [-0.15, -0.1) is 0 Å². The van der Waals surface area contributed by atoms with E-state index in [-0.39, 0.29) is 30.8 Å². The number of anilines is 1. The molecule has 0 aliphatic carbocycles. The van der Waals surface area contributed by atoms with Gasteiger partial charge < -0.3 is 5.11 Å². The van der Waals surface area contributed by atoms with Crippen LogP contribution in [0.15, 0.2) is 18.2 Å². The lowest BCUT2D eigenvalue weighted by Crippen LogP contribution is -2.30. The number of carbonyl (C=O) groups excluding carboxylic acids is 2. The Labute approximate surface area is 118 Å². The molecule has 104 valence electrons. The molecule has 1 aromatic rings. The fraction of sp³-hybridized carbons (Fsp3) is 0.375. The Bertz CT molecular complexity index is 610. The third kappa shape index (κ3) is 2.89. The summed E-state index contributed by atoms with van der Waals surface area (Å²) in [7, 11) is 0. The Hall–Kier alpha value is -2.12. The third-order valence-corrected chi connectivity index (χ3v) is 3.16. The first kappa shape index (κ1) is 14.3. The van der Waals surface area contributed by atoms with Gasteiger partial charge in [0.25, 0.3) is 0 Å². The summed E-state index contributed by atoms with van der Waals surface area (Å²) < 4.78 is 0. The number of nitrogens with zero attached hydrogens (tertiary/aromatic N) is 1. The number of aliphatic hydroxyl groups excluding tert-OH is 1. The van der Waals surface area contributed by atoms with Crippen LogP contribution in [0.25, 0.3) is 0 Å². The topological polar surface area (TPSA) is 57.6 Å². The molecular formula is C16H17NO3. The number of imide groups is 1. The number of amides is 2. The van der Waals surface area contributed by atoms with Crippen LogP contribution in [0.3, 0.4) is 0 Å². The molecule has 4 nitrogen and oxygen atoms in total. The maximum atomic E-state index is 12.0. The Balaban J connectivity index is 2.36. The van der Waals surface area contributed by atoms with E-state index in [0.29, 0.717) is 12.1 Å². The number of aliphatic hydroxyl groups is 1. The molecule has 1 heterocycles. The average molecular weight is 271 g/mol. The van der Waals surface area contributed by atoms with Gasteiger partial charge >= 0.3 is 0 Å². The highest BCUT2D eigenvalue weighted by Crippen LogP contribution is 2.27. The second kappa shape index (κ2) is 5.89. The normalized spacial score (nSPS) is 18.1. The van der Waals surface area contributed by atoms with Crippen LogP contribution in [0.5, 0.6) is 0 Å². The predicted octanol–water partition coefficient (Wildman–Crippen LogP) is 1.63. The van der Waals surface area contributed by atoms with Gasteiger partial charge in [-0.3, -0.25) is 14.5 Å². The highest BCUT2D eigenvalue weighted by atomic mass is 16.2. The third-order valence-electron chi connectivity index (χ3n) is 3.16. The van der Waals surface area contributed by atoms with Crippen LogP contribution in [-0.2, 0) is 9.59 Å². The Morgan fingerprint density at radius 1 is 1.35 bits per heavy atom. The number of benzene rings is 1. The Morgan fingerprint density at radius 3 is 2.70 bits per heavy atom. The van der Waals surface area contributed by atoms with E-state index in [1.807, 2.05) is 19.1 Å². The first-order chi connectivity index (χ1) is 9.52. The highest BCUT2D eigenvalue weighted by Gasteiger charge is 2.36. The second-order valence-corrected chi connectivity index (χ2v) is 5.01. The van der Waals surface area contributed by atoms with Crippen molar-refractivity contribution in [1.29, 1.82) is 0 Å². The van der Waals surface area contributed by atoms with Crippen LogP contribution in [-0.4, -0.2) is 23.5 Å². The van der Waals surface area contributed by atoms with E-state index >= 15 is 0 Å². The predicted molar refractivity (Wildman–Crippen MR) is 76.0 cm³/mol. The van der Waals surface area contributed by atoms with Gasteiger partial charge in [-0.2, -0.15) is 0 Å². The monoisotopic (exact) mass is 271 g/mol. The van der Waals surface area contributed by atoms with Crippen molar-refractivity contribution in [2.24, 2.45) is 5.92 Å². The standard InChI is InChI=1S/C16H17NO3/c1-11-7-13(5-3-4-6-18)10-14(8-11)17-15(19)9-12(2)16(17)20/h7-8,10,12,18H,4,6,9H2,1-2H3. The summed E-state index contributed by atoms with van der Waals surface area (Å²) in [6.07, 6.45) is 0.667. The Morgan fingerprint density at radius 2 is 2.10 bits per heavy atom. The zero-order valence-electron chi connectivity index (χ0n) is 11.6. The van der Waals surface area contributed by atoms with E-state index in [4.69, 9.17) is 5.11 Å². The largest absolute Gasteiger partial charge is 0.395 e. The number of hydrogen-bond acceptors (Lipinski definition) is 3. The number of aryl methyl sites for hydroxylation is 1. The van der Waals surface area contributed by atoms with Crippen molar-refractivity contribution in [2.75, 3.05) is 11.5 Å². The van der Waals surface area contributed by atoms with Crippen molar-refractivity contribution >= 4 is 17.5 Å². The maximum absolute atomic E-state index is 12.0. The van der Waals surface area contributed by atoms with Crippen molar-refractivity contribution in [3.8, 4) is 11.8 Å². The summed E-state index contributed by atoms with van der Waals surface area (Å²) in [5.41, 5.74) is 2.27. The van der Waals surface area contributed by atoms with E-state index in [9.17, 15) is 9.59 Å². The quantitative estimate of drug-likeness (QED) is 0.657. The minimum Gasteiger partial charge on any atom is -0.395 e. The maximum Gasteiger partial charge on any atom is 0.237 e. The molecule has 1 aliphatic heterocycles. The van der Waals surface area contributed by atoms with Gasteiger partial charge in [-0.25, -0.2) is 0 Å². The molecule has 0 spiro atoms. The van der Waals surface area contributed by atoms with E-state index in [1.54, 1.807) is 13.0 Å². The van der Waals surface area contributed by atoms with Crippen molar-refractivity contribution in [3.63, 3.8) is 0 Å². The van der Waals surface area contributed by atoms with Crippen LogP contribution < -0.4 is 4.90 Å². The molecule has 1 aromatic carbocycles. The van der Waals surface area contributed by atoms with Crippen molar-refractivity contribution in [1.82, 2.24) is 0 Å². The number of carbonyl (C=O) groups is 2. The number of rotatable bonds is 2. The van der Waals surface area contributed by atoms with Crippen molar-refractivity contribution < 1.29 is 14.7 Å². The van der Waals surface area contributed by atoms with E-state index < -0.39 is 0 Å². The summed E-state index contributed by atoms with van der Waals surface area (Å²) in [5.74, 6) is 5.19. The molecule has 0 bridgehead atoms. The van der Waals surface area contributed by atoms with Crippen LogP contribution >= 0.6 is 0 Å². The molecule has 0 radical (unpaired) electrons.